The van der Waals surface area contributed by atoms with Gasteiger partial charge in [0.25, 0.3) is 0 Å². The van der Waals surface area contributed by atoms with E-state index in [-0.39, 0.29) is 6.61 Å². The Bertz CT molecular complexity index is 99.5. The molecule has 0 amide bonds. The van der Waals surface area contributed by atoms with E-state index in [1.54, 1.807) is 0 Å². The molecule has 0 aromatic carbocycles. The summed E-state index contributed by atoms with van der Waals surface area (Å²) in [4.78, 5) is 0. The molecule has 2 heteroatoms. The minimum Gasteiger partial charge on any atom is -0.396 e. The van der Waals surface area contributed by atoms with E-state index in [1.807, 2.05) is 7.05 Å². The molecule has 2 atom stereocenters. The summed E-state index contributed by atoms with van der Waals surface area (Å²) in [5.41, 5.74) is 0. The van der Waals surface area contributed by atoms with Crippen LogP contribution in [0.5, 0.6) is 0 Å². The van der Waals surface area contributed by atoms with Gasteiger partial charge in [0.2, 0.25) is 0 Å². The zero-order chi connectivity index (χ0) is 6.69. The smallest absolute Gasteiger partial charge is 0.0494 e. The van der Waals surface area contributed by atoms with Crippen LogP contribution in [0.2, 0.25) is 0 Å². The molecule has 0 fully saturated rings. The molecule has 0 bridgehead atoms. The van der Waals surface area contributed by atoms with Gasteiger partial charge in [-0.3, -0.25) is 0 Å². The molecule has 52 valence electrons. The molecule has 0 saturated heterocycles. The molecule has 0 aromatic rings. The van der Waals surface area contributed by atoms with Crippen molar-refractivity contribution in [2.45, 2.75) is 12.5 Å². The van der Waals surface area contributed by atoms with Gasteiger partial charge in [-0.25, -0.2) is 0 Å². The SMILES string of the molecule is CNC1C=CC(CO)C1. The van der Waals surface area contributed by atoms with Crippen LogP contribution in [0.3, 0.4) is 0 Å². The first-order valence-electron chi connectivity index (χ1n) is 3.33. The largest absolute Gasteiger partial charge is 0.396 e. The van der Waals surface area contributed by atoms with Gasteiger partial charge >= 0.3 is 0 Å². The van der Waals surface area contributed by atoms with Gasteiger partial charge in [0, 0.05) is 18.6 Å². The van der Waals surface area contributed by atoms with Crippen LogP contribution in [0.4, 0.5) is 0 Å². The van der Waals surface area contributed by atoms with E-state index in [4.69, 9.17) is 5.11 Å². The molecule has 0 aromatic heterocycles. The number of likely N-dealkylation sites (N-methyl/N-ethyl adjacent to an activating group) is 1. The fourth-order valence-electron chi connectivity index (χ4n) is 1.12. The molecule has 2 nitrogen and oxygen atoms in total. The van der Waals surface area contributed by atoms with Crippen molar-refractivity contribution in [3.05, 3.63) is 12.2 Å². The van der Waals surface area contributed by atoms with Crippen LogP contribution in [0.1, 0.15) is 6.42 Å². The zero-order valence-electron chi connectivity index (χ0n) is 5.67. The Morgan fingerprint density at radius 1 is 1.67 bits per heavy atom. The Morgan fingerprint density at radius 2 is 2.44 bits per heavy atom. The van der Waals surface area contributed by atoms with Crippen molar-refractivity contribution in [2.75, 3.05) is 13.7 Å². The Balaban J connectivity index is 2.31. The fourth-order valence-corrected chi connectivity index (χ4v) is 1.12. The summed E-state index contributed by atoms with van der Waals surface area (Å²) in [7, 11) is 1.94. The minimum absolute atomic E-state index is 0.286. The van der Waals surface area contributed by atoms with E-state index < -0.39 is 0 Å². The zero-order valence-corrected chi connectivity index (χ0v) is 5.67. The van der Waals surface area contributed by atoms with Gasteiger partial charge in [-0.15, -0.1) is 0 Å². The van der Waals surface area contributed by atoms with Gasteiger partial charge < -0.3 is 10.4 Å². The van der Waals surface area contributed by atoms with Crippen molar-refractivity contribution in [2.24, 2.45) is 5.92 Å². The normalized spacial score (nSPS) is 33.6. The fraction of sp³-hybridized carbons (Fsp3) is 0.714. The maximum Gasteiger partial charge on any atom is 0.0494 e. The van der Waals surface area contributed by atoms with E-state index in [1.165, 1.54) is 0 Å². The van der Waals surface area contributed by atoms with Crippen LogP contribution in [-0.2, 0) is 0 Å². The molecule has 1 aliphatic carbocycles. The number of rotatable bonds is 2. The number of hydrogen-bond acceptors (Lipinski definition) is 2. The third-order valence-electron chi connectivity index (χ3n) is 1.78. The quantitative estimate of drug-likeness (QED) is 0.517. The highest BCUT2D eigenvalue weighted by Gasteiger charge is 2.15. The lowest BCUT2D eigenvalue weighted by Crippen LogP contribution is -2.21. The molecule has 0 saturated carbocycles. The lowest BCUT2D eigenvalue weighted by atomic mass is 10.1. The maximum atomic E-state index is 8.70. The Labute approximate surface area is 55.6 Å². The lowest BCUT2D eigenvalue weighted by Gasteiger charge is -2.07. The first-order chi connectivity index (χ1) is 4.36. The van der Waals surface area contributed by atoms with Crippen LogP contribution < -0.4 is 5.32 Å². The summed E-state index contributed by atoms with van der Waals surface area (Å²) in [6, 6.07) is 0.488. The van der Waals surface area contributed by atoms with E-state index >= 15 is 0 Å². The van der Waals surface area contributed by atoms with Gasteiger partial charge in [0.15, 0.2) is 0 Å². The molecule has 1 rings (SSSR count). The van der Waals surface area contributed by atoms with Gasteiger partial charge in [0.05, 0.1) is 0 Å². The van der Waals surface area contributed by atoms with E-state index in [2.05, 4.69) is 17.5 Å². The van der Waals surface area contributed by atoms with Crippen LogP contribution in [0.25, 0.3) is 0 Å². The van der Waals surface area contributed by atoms with Gasteiger partial charge in [-0.05, 0) is 13.5 Å². The van der Waals surface area contributed by atoms with Gasteiger partial charge in [-0.2, -0.15) is 0 Å². The molecule has 0 radical (unpaired) electrons. The molecule has 0 heterocycles. The highest BCUT2D eigenvalue weighted by atomic mass is 16.3. The first kappa shape index (κ1) is 6.78. The second-order valence-corrected chi connectivity index (χ2v) is 2.46. The summed E-state index contributed by atoms with van der Waals surface area (Å²) in [6.07, 6.45) is 5.23. The summed E-state index contributed by atoms with van der Waals surface area (Å²) in [5.74, 6) is 0.391. The number of aliphatic hydroxyl groups excluding tert-OH is 1. The molecule has 9 heavy (non-hydrogen) atoms. The second-order valence-electron chi connectivity index (χ2n) is 2.46. The van der Waals surface area contributed by atoms with Crippen molar-refractivity contribution >= 4 is 0 Å². The third-order valence-corrected chi connectivity index (χ3v) is 1.78. The Kier molecular flexibility index (Phi) is 2.25. The van der Waals surface area contributed by atoms with Crippen LogP contribution in [0, 0.1) is 5.92 Å². The summed E-state index contributed by atoms with van der Waals surface area (Å²) in [6.45, 7) is 0.286. The highest BCUT2D eigenvalue weighted by molar-refractivity contribution is 5.05. The Morgan fingerprint density at radius 3 is 2.78 bits per heavy atom. The maximum absolute atomic E-state index is 8.70. The monoisotopic (exact) mass is 127 g/mol. The number of aliphatic hydroxyl groups is 1. The predicted molar refractivity (Wildman–Crippen MR) is 37.2 cm³/mol. The average Bonchev–Trinajstić information content (AvgIpc) is 2.34. The lowest BCUT2D eigenvalue weighted by molar-refractivity contribution is 0.247. The van der Waals surface area contributed by atoms with E-state index in [9.17, 15) is 0 Å². The third kappa shape index (κ3) is 1.53. The first-order valence-corrected chi connectivity index (χ1v) is 3.33. The van der Waals surface area contributed by atoms with Gasteiger partial charge in [0.1, 0.15) is 0 Å². The molecule has 1 aliphatic rings. The van der Waals surface area contributed by atoms with Crippen molar-refractivity contribution in [3.63, 3.8) is 0 Å². The number of hydrogen-bond donors (Lipinski definition) is 2. The summed E-state index contributed by atoms with van der Waals surface area (Å²) < 4.78 is 0. The molecule has 2 unspecified atom stereocenters. The molecule has 0 aliphatic heterocycles. The molecular formula is C7H13NO. The van der Waals surface area contributed by atoms with Crippen LogP contribution in [-0.4, -0.2) is 24.8 Å². The highest BCUT2D eigenvalue weighted by Crippen LogP contribution is 2.15. The van der Waals surface area contributed by atoms with Crippen LogP contribution in [0.15, 0.2) is 12.2 Å². The summed E-state index contributed by atoms with van der Waals surface area (Å²) in [5, 5.41) is 11.8. The molecular weight excluding hydrogens is 114 g/mol. The predicted octanol–water partition coefficient (Wildman–Crippen LogP) is 0.143. The molecule has 2 N–H and O–H groups in total. The summed E-state index contributed by atoms with van der Waals surface area (Å²) >= 11 is 0. The second kappa shape index (κ2) is 2.99. The standard InChI is InChI=1S/C7H13NO/c1-8-7-3-2-6(4-7)5-9/h2-3,6-9H,4-5H2,1H3. The van der Waals surface area contributed by atoms with E-state index in [0.717, 1.165) is 6.42 Å². The molecule has 0 spiro atoms. The Hall–Kier alpha value is -0.340. The van der Waals surface area contributed by atoms with Crippen LogP contribution >= 0.6 is 0 Å². The van der Waals surface area contributed by atoms with Crippen molar-refractivity contribution in [3.8, 4) is 0 Å². The topological polar surface area (TPSA) is 32.3 Å². The van der Waals surface area contributed by atoms with Gasteiger partial charge in [-0.1, -0.05) is 12.2 Å². The van der Waals surface area contributed by atoms with Crippen molar-refractivity contribution in [1.82, 2.24) is 5.32 Å². The number of nitrogens with one attached hydrogen (secondary N) is 1. The van der Waals surface area contributed by atoms with Crippen molar-refractivity contribution in [1.29, 1.82) is 0 Å². The average molecular weight is 127 g/mol. The van der Waals surface area contributed by atoms with E-state index in [0.29, 0.717) is 12.0 Å². The minimum atomic E-state index is 0.286. The van der Waals surface area contributed by atoms with Crippen molar-refractivity contribution < 1.29 is 5.11 Å².